The van der Waals surface area contributed by atoms with E-state index in [2.05, 4.69) is 23.8 Å². The maximum absolute atomic E-state index is 13.0. The van der Waals surface area contributed by atoms with Crippen molar-refractivity contribution in [3.8, 4) is 17.2 Å². The first-order valence-electron chi connectivity index (χ1n) is 21.7. The van der Waals surface area contributed by atoms with Gasteiger partial charge in [0.2, 0.25) is 0 Å². The number of ether oxygens (including phenoxy) is 4. The van der Waals surface area contributed by atoms with E-state index < -0.39 is 11.9 Å². The Morgan fingerprint density at radius 1 is 0.508 bits per heavy atom. The monoisotopic (exact) mass is 822 g/mol. The van der Waals surface area contributed by atoms with Gasteiger partial charge in [0.1, 0.15) is 17.2 Å². The minimum absolute atomic E-state index is 0.125. The molecule has 0 aliphatic carbocycles. The Balaban J connectivity index is 1.04. The highest BCUT2D eigenvalue weighted by Gasteiger charge is 2.14. The molecule has 5 aromatic rings. The molecule has 0 saturated heterocycles. The Kier molecular flexibility index (Phi) is 19.0. The molecule has 0 amide bonds. The summed E-state index contributed by atoms with van der Waals surface area (Å²) >= 11 is 0. The normalized spacial score (nSPS) is 11.7. The van der Waals surface area contributed by atoms with Gasteiger partial charge < -0.3 is 18.9 Å². The molecule has 0 fully saturated rings. The van der Waals surface area contributed by atoms with Crippen molar-refractivity contribution < 1.29 is 33.3 Å². The quantitative estimate of drug-likeness (QED) is 0.0263. The van der Waals surface area contributed by atoms with Gasteiger partial charge in [-0.15, -0.1) is 0 Å². The zero-order valence-corrected chi connectivity index (χ0v) is 35.7. The largest absolute Gasteiger partial charge is 0.494 e. The zero-order chi connectivity index (χ0) is 43.1. The molecular weight excluding hydrogens is 765 g/mol. The summed E-state index contributed by atoms with van der Waals surface area (Å²) in [6.07, 6.45) is 17.5. The van der Waals surface area contributed by atoms with Gasteiger partial charge in [-0.05, 0) is 122 Å². The van der Waals surface area contributed by atoms with Crippen molar-refractivity contribution in [2.45, 2.75) is 104 Å². The second-order valence-corrected chi connectivity index (χ2v) is 15.1. The Morgan fingerprint density at radius 2 is 0.951 bits per heavy atom. The Bertz CT molecular complexity index is 2160. The van der Waals surface area contributed by atoms with Gasteiger partial charge in [-0.25, -0.2) is 14.4 Å². The highest BCUT2D eigenvalue weighted by Crippen LogP contribution is 2.23. The van der Waals surface area contributed by atoms with Gasteiger partial charge in [-0.1, -0.05) is 102 Å². The summed E-state index contributed by atoms with van der Waals surface area (Å²) < 4.78 is 22.6. The second kappa shape index (κ2) is 25.3. The number of aliphatic imine (C=N–C) groups is 2. The van der Waals surface area contributed by atoms with Crippen LogP contribution in [0.3, 0.4) is 0 Å². The number of hydrogen-bond donors (Lipinski definition) is 0. The van der Waals surface area contributed by atoms with Crippen LogP contribution in [0.2, 0.25) is 0 Å². The molecule has 0 aromatic heterocycles. The lowest BCUT2D eigenvalue weighted by Gasteiger charge is -2.13. The van der Waals surface area contributed by atoms with Gasteiger partial charge in [-0.2, -0.15) is 0 Å². The summed E-state index contributed by atoms with van der Waals surface area (Å²) in [6, 6.07) is 34.8. The highest BCUT2D eigenvalue weighted by atomic mass is 16.5. The van der Waals surface area contributed by atoms with E-state index in [1.54, 1.807) is 103 Å². The van der Waals surface area contributed by atoms with Gasteiger partial charge in [0.15, 0.2) is 0 Å². The van der Waals surface area contributed by atoms with Crippen molar-refractivity contribution in [2.75, 3.05) is 6.61 Å². The molecule has 0 spiro atoms. The van der Waals surface area contributed by atoms with Crippen LogP contribution in [-0.2, 0) is 4.74 Å². The van der Waals surface area contributed by atoms with E-state index in [0.717, 1.165) is 54.9 Å². The Labute approximate surface area is 360 Å². The molecule has 318 valence electrons. The number of esters is 3. The molecule has 0 aliphatic heterocycles. The molecule has 0 bridgehead atoms. The maximum Gasteiger partial charge on any atom is 0.343 e. The fourth-order valence-corrected chi connectivity index (χ4v) is 6.37. The number of hydrogen-bond acceptors (Lipinski definition) is 9. The Morgan fingerprint density at radius 3 is 1.48 bits per heavy atom. The van der Waals surface area contributed by atoms with Crippen molar-refractivity contribution in [1.29, 1.82) is 0 Å². The molecule has 9 heteroatoms. The summed E-state index contributed by atoms with van der Waals surface area (Å²) in [7, 11) is 0. The first kappa shape index (κ1) is 45.7. The molecule has 0 saturated carbocycles. The van der Waals surface area contributed by atoms with Crippen molar-refractivity contribution in [3.63, 3.8) is 0 Å². The summed E-state index contributed by atoms with van der Waals surface area (Å²) in [4.78, 5) is 47.5. The summed E-state index contributed by atoms with van der Waals surface area (Å²) in [5.41, 5.74) is 4.26. The lowest BCUT2D eigenvalue weighted by atomic mass is 10.1. The van der Waals surface area contributed by atoms with Gasteiger partial charge in [-0.3, -0.25) is 9.98 Å². The van der Waals surface area contributed by atoms with Crippen LogP contribution < -0.4 is 14.2 Å². The van der Waals surface area contributed by atoms with E-state index in [1.165, 1.54) is 57.4 Å². The van der Waals surface area contributed by atoms with Crippen LogP contribution in [-0.4, -0.2) is 43.0 Å². The lowest BCUT2D eigenvalue weighted by Crippen LogP contribution is -2.14. The predicted molar refractivity (Wildman–Crippen MR) is 244 cm³/mol. The minimum atomic E-state index is -0.565. The molecule has 0 radical (unpaired) electrons. The lowest BCUT2D eigenvalue weighted by molar-refractivity contribution is 0.0319. The second-order valence-electron chi connectivity index (χ2n) is 15.1. The minimum Gasteiger partial charge on any atom is -0.494 e. The van der Waals surface area contributed by atoms with Gasteiger partial charge in [0, 0.05) is 18.5 Å². The first-order chi connectivity index (χ1) is 29.8. The number of carbonyl (C=O) groups excluding carboxylic acids is 3. The van der Waals surface area contributed by atoms with E-state index >= 15 is 0 Å². The fourth-order valence-electron chi connectivity index (χ4n) is 6.37. The third kappa shape index (κ3) is 16.3. The van der Waals surface area contributed by atoms with Crippen LogP contribution in [0.4, 0.5) is 11.4 Å². The average molecular weight is 823 g/mol. The molecule has 61 heavy (non-hydrogen) atoms. The summed E-state index contributed by atoms with van der Waals surface area (Å²) in [5, 5.41) is 0. The molecule has 0 heterocycles. The van der Waals surface area contributed by atoms with Gasteiger partial charge in [0.05, 0.1) is 40.8 Å². The van der Waals surface area contributed by atoms with Crippen LogP contribution in [0.15, 0.2) is 131 Å². The Hall–Kier alpha value is -6.35. The number of unbranched alkanes of at least 4 members (excludes halogenated alkanes) is 9. The molecule has 0 aliphatic rings. The topological polar surface area (TPSA) is 113 Å². The number of rotatable bonds is 24. The maximum atomic E-state index is 13.0. The molecule has 5 aromatic carbocycles. The molecule has 0 N–H and O–H groups in total. The van der Waals surface area contributed by atoms with Gasteiger partial charge >= 0.3 is 17.9 Å². The number of nitrogens with zero attached hydrogens (tertiary/aromatic N) is 2. The molecule has 1 atom stereocenters. The standard InChI is InChI=1S/C52H58N2O7/c1-4-6-8-10-11-12-14-35-58-47-33-31-46(32-34-47)54-38-41-21-25-43(26-22-41)52(57)61-49-18-15-17-48(36-49)60-51(56)42-23-19-40(20-24-42)37-53-45-29-27-44(28-30-45)50(55)59-39(3)16-13-9-7-5-2/h15,17-34,36-39H,4-14,16,35H2,1-3H3. The average Bonchev–Trinajstić information content (AvgIpc) is 3.28. The van der Waals surface area contributed by atoms with E-state index in [0.29, 0.717) is 22.4 Å². The fraction of sp³-hybridized carbons (Fsp3) is 0.327. The van der Waals surface area contributed by atoms with Crippen LogP contribution in [0.1, 0.15) is 140 Å². The third-order valence-corrected chi connectivity index (χ3v) is 9.97. The van der Waals surface area contributed by atoms with Crippen molar-refractivity contribution in [2.24, 2.45) is 9.98 Å². The third-order valence-electron chi connectivity index (χ3n) is 9.97. The van der Waals surface area contributed by atoms with Crippen molar-refractivity contribution in [1.82, 2.24) is 0 Å². The van der Waals surface area contributed by atoms with Crippen LogP contribution in [0.25, 0.3) is 0 Å². The first-order valence-corrected chi connectivity index (χ1v) is 21.7. The van der Waals surface area contributed by atoms with E-state index in [4.69, 9.17) is 18.9 Å². The van der Waals surface area contributed by atoms with Crippen molar-refractivity contribution in [3.05, 3.63) is 149 Å². The van der Waals surface area contributed by atoms with E-state index in [1.807, 2.05) is 31.2 Å². The molecular formula is C52H58N2O7. The predicted octanol–water partition coefficient (Wildman–Crippen LogP) is 13.3. The smallest absolute Gasteiger partial charge is 0.343 e. The number of carbonyl (C=O) groups is 3. The molecule has 1 unspecified atom stereocenters. The number of benzene rings is 5. The van der Waals surface area contributed by atoms with Crippen LogP contribution in [0, 0.1) is 0 Å². The summed E-state index contributed by atoms with van der Waals surface area (Å²) in [6.45, 7) is 7.06. The van der Waals surface area contributed by atoms with Gasteiger partial charge in [0.25, 0.3) is 0 Å². The van der Waals surface area contributed by atoms with E-state index in [9.17, 15) is 14.4 Å². The van der Waals surface area contributed by atoms with Crippen LogP contribution in [0.5, 0.6) is 17.2 Å². The summed E-state index contributed by atoms with van der Waals surface area (Å²) in [5.74, 6) is -0.147. The SMILES string of the molecule is CCCCCCCCCOc1ccc(N=Cc2ccc(C(=O)Oc3cccc(OC(=O)c4ccc(C=Nc5ccc(C(=O)OC(C)CCCCCC)cc5)cc4)c3)cc2)cc1. The van der Waals surface area contributed by atoms with Crippen LogP contribution >= 0.6 is 0 Å². The highest BCUT2D eigenvalue weighted by molar-refractivity contribution is 5.94. The molecule has 5 rings (SSSR count). The zero-order valence-electron chi connectivity index (χ0n) is 35.7. The van der Waals surface area contributed by atoms with E-state index in [-0.39, 0.29) is 23.6 Å². The molecule has 9 nitrogen and oxygen atoms in total. The van der Waals surface area contributed by atoms with Crippen molar-refractivity contribution >= 4 is 41.7 Å².